The monoisotopic (exact) mass is 385 g/mol. The molecule has 1 N–H and O–H groups in total. The second-order valence-corrected chi connectivity index (χ2v) is 9.84. The molecular formula is C19H31NO5S. The number of nitrogens with one attached hydrogen (secondary N) is 1. The summed E-state index contributed by atoms with van der Waals surface area (Å²) in [6.07, 6.45) is 1.33. The van der Waals surface area contributed by atoms with E-state index in [1.807, 2.05) is 13.8 Å². The van der Waals surface area contributed by atoms with E-state index in [-0.39, 0.29) is 15.9 Å². The standard InChI is InChI=1S/C19H31NO5S/c1-18(2,3)14-25-13-9-12-19(4,5)20-26(22,23)16-11-8-7-10-15(16)17(21)24-6/h7-8,10-11,20H,9,12-14H2,1-6H3. The molecule has 7 heteroatoms. The molecule has 0 atom stereocenters. The first kappa shape index (κ1) is 22.6. The Labute approximate surface area is 157 Å². The lowest BCUT2D eigenvalue weighted by molar-refractivity contribution is 0.0596. The first-order chi connectivity index (χ1) is 11.9. The first-order valence-electron chi connectivity index (χ1n) is 8.67. The summed E-state index contributed by atoms with van der Waals surface area (Å²) in [6.45, 7) is 11.2. The summed E-state index contributed by atoms with van der Waals surface area (Å²) in [5, 5.41) is 0. The molecule has 26 heavy (non-hydrogen) atoms. The zero-order valence-electron chi connectivity index (χ0n) is 16.6. The highest BCUT2D eigenvalue weighted by atomic mass is 32.2. The topological polar surface area (TPSA) is 81.7 Å². The largest absolute Gasteiger partial charge is 0.465 e. The fraction of sp³-hybridized carbons (Fsp3) is 0.632. The van der Waals surface area contributed by atoms with E-state index in [1.54, 1.807) is 12.1 Å². The number of ether oxygens (including phenoxy) is 2. The summed E-state index contributed by atoms with van der Waals surface area (Å²) < 4.78 is 38.5. The number of carbonyl (C=O) groups excluding carboxylic acids is 1. The molecule has 1 rings (SSSR count). The Morgan fingerprint density at radius 3 is 2.31 bits per heavy atom. The van der Waals surface area contributed by atoms with Crippen molar-refractivity contribution in [2.24, 2.45) is 5.41 Å². The lowest BCUT2D eigenvalue weighted by Crippen LogP contribution is -2.43. The predicted octanol–water partition coefficient (Wildman–Crippen LogP) is 3.37. The SMILES string of the molecule is COC(=O)c1ccccc1S(=O)(=O)NC(C)(C)CCCOCC(C)(C)C. The summed E-state index contributed by atoms with van der Waals surface area (Å²) in [5.74, 6) is -0.681. The molecule has 0 radical (unpaired) electrons. The number of methoxy groups -OCH3 is 1. The summed E-state index contributed by atoms with van der Waals surface area (Å²) >= 11 is 0. The molecule has 0 unspecified atom stereocenters. The Bertz CT molecular complexity index is 705. The van der Waals surface area contributed by atoms with Crippen LogP contribution in [-0.2, 0) is 19.5 Å². The normalized spacial score (nSPS) is 12.8. The molecule has 0 saturated heterocycles. The molecule has 0 aliphatic heterocycles. The zero-order valence-corrected chi connectivity index (χ0v) is 17.4. The van der Waals surface area contributed by atoms with E-state index in [0.717, 1.165) is 6.42 Å². The van der Waals surface area contributed by atoms with Crippen LogP contribution < -0.4 is 4.72 Å². The van der Waals surface area contributed by atoms with Gasteiger partial charge in [0.1, 0.15) is 0 Å². The molecular weight excluding hydrogens is 354 g/mol. The second-order valence-electron chi connectivity index (χ2n) is 8.19. The van der Waals surface area contributed by atoms with Crippen molar-refractivity contribution in [2.45, 2.75) is 57.9 Å². The van der Waals surface area contributed by atoms with E-state index in [1.165, 1.54) is 19.2 Å². The van der Waals surface area contributed by atoms with Crippen molar-refractivity contribution in [3.8, 4) is 0 Å². The lowest BCUT2D eigenvalue weighted by atomic mass is 9.98. The minimum Gasteiger partial charge on any atom is -0.465 e. The Morgan fingerprint density at radius 2 is 1.73 bits per heavy atom. The molecule has 1 aromatic rings. The Balaban J connectivity index is 2.75. The Morgan fingerprint density at radius 1 is 1.12 bits per heavy atom. The third kappa shape index (κ3) is 7.43. The summed E-state index contributed by atoms with van der Waals surface area (Å²) in [4.78, 5) is 11.8. The van der Waals surface area contributed by atoms with Crippen molar-refractivity contribution in [2.75, 3.05) is 20.3 Å². The van der Waals surface area contributed by atoms with Crippen LogP contribution in [0.1, 0.15) is 57.8 Å². The van der Waals surface area contributed by atoms with Crippen LogP contribution in [0.15, 0.2) is 29.2 Å². The summed E-state index contributed by atoms with van der Waals surface area (Å²) in [5.41, 5.74) is -0.547. The van der Waals surface area contributed by atoms with Crippen LogP contribution in [0.25, 0.3) is 0 Å². The van der Waals surface area contributed by atoms with Crippen molar-refractivity contribution in [3.05, 3.63) is 29.8 Å². The molecule has 0 bridgehead atoms. The van der Waals surface area contributed by atoms with Crippen LogP contribution >= 0.6 is 0 Å². The van der Waals surface area contributed by atoms with Gasteiger partial charge < -0.3 is 9.47 Å². The van der Waals surface area contributed by atoms with Gasteiger partial charge >= 0.3 is 5.97 Å². The highest BCUT2D eigenvalue weighted by Gasteiger charge is 2.29. The highest BCUT2D eigenvalue weighted by Crippen LogP contribution is 2.21. The van der Waals surface area contributed by atoms with Gasteiger partial charge in [0.15, 0.2) is 0 Å². The molecule has 0 aromatic heterocycles. The van der Waals surface area contributed by atoms with Gasteiger partial charge in [-0.05, 0) is 44.2 Å². The minimum absolute atomic E-state index is 0.0202. The fourth-order valence-corrected chi connectivity index (χ4v) is 4.08. The van der Waals surface area contributed by atoms with Crippen LogP contribution in [0.3, 0.4) is 0 Å². The predicted molar refractivity (Wildman–Crippen MR) is 102 cm³/mol. The van der Waals surface area contributed by atoms with Crippen LogP contribution in [0.2, 0.25) is 0 Å². The van der Waals surface area contributed by atoms with Crippen LogP contribution in [-0.4, -0.2) is 40.2 Å². The van der Waals surface area contributed by atoms with E-state index >= 15 is 0 Å². The van der Waals surface area contributed by atoms with Crippen LogP contribution in [0, 0.1) is 5.41 Å². The molecule has 6 nitrogen and oxygen atoms in total. The highest BCUT2D eigenvalue weighted by molar-refractivity contribution is 7.89. The molecule has 0 aliphatic carbocycles. The molecule has 0 aliphatic rings. The Hall–Kier alpha value is -1.44. The van der Waals surface area contributed by atoms with Gasteiger partial charge in [0.2, 0.25) is 10.0 Å². The molecule has 148 valence electrons. The Kier molecular flexibility index (Phi) is 7.80. The van der Waals surface area contributed by atoms with Crippen LogP contribution in [0.5, 0.6) is 0 Å². The first-order valence-corrected chi connectivity index (χ1v) is 10.2. The maximum absolute atomic E-state index is 12.8. The van der Waals surface area contributed by atoms with Gasteiger partial charge in [0.25, 0.3) is 0 Å². The molecule has 0 spiro atoms. The average molecular weight is 386 g/mol. The van der Waals surface area contributed by atoms with Gasteiger partial charge in [-0.25, -0.2) is 17.9 Å². The lowest BCUT2D eigenvalue weighted by Gasteiger charge is -2.27. The number of rotatable bonds is 9. The number of hydrogen-bond donors (Lipinski definition) is 1. The van der Waals surface area contributed by atoms with E-state index in [9.17, 15) is 13.2 Å². The van der Waals surface area contributed by atoms with Crippen LogP contribution in [0.4, 0.5) is 0 Å². The molecule has 0 amide bonds. The van der Waals surface area contributed by atoms with Gasteiger partial charge in [-0.1, -0.05) is 32.9 Å². The maximum Gasteiger partial charge on any atom is 0.339 e. The minimum atomic E-state index is -3.86. The van der Waals surface area contributed by atoms with E-state index < -0.39 is 21.5 Å². The van der Waals surface area contributed by atoms with Gasteiger partial charge in [0.05, 0.1) is 24.2 Å². The third-order valence-corrected chi connectivity index (χ3v) is 5.37. The number of benzene rings is 1. The second kappa shape index (κ2) is 8.97. The molecule has 0 saturated carbocycles. The average Bonchev–Trinajstić information content (AvgIpc) is 2.51. The zero-order chi connectivity index (χ0) is 20.0. The van der Waals surface area contributed by atoms with Crippen molar-refractivity contribution in [1.29, 1.82) is 0 Å². The van der Waals surface area contributed by atoms with Crippen molar-refractivity contribution in [1.82, 2.24) is 4.72 Å². The van der Waals surface area contributed by atoms with Gasteiger partial charge in [0, 0.05) is 12.1 Å². The molecule has 0 heterocycles. The summed E-state index contributed by atoms with van der Waals surface area (Å²) in [7, 11) is -2.64. The number of carbonyl (C=O) groups is 1. The maximum atomic E-state index is 12.8. The van der Waals surface area contributed by atoms with Gasteiger partial charge in [-0.2, -0.15) is 0 Å². The fourth-order valence-electron chi connectivity index (χ4n) is 2.44. The molecule has 1 aromatic carbocycles. The van der Waals surface area contributed by atoms with Crippen molar-refractivity contribution in [3.63, 3.8) is 0 Å². The smallest absolute Gasteiger partial charge is 0.339 e. The number of sulfonamides is 1. The molecule has 0 fully saturated rings. The number of esters is 1. The third-order valence-electron chi connectivity index (χ3n) is 3.62. The van der Waals surface area contributed by atoms with Crippen molar-refractivity contribution >= 4 is 16.0 Å². The quantitative estimate of drug-likeness (QED) is 0.521. The number of hydrogen-bond acceptors (Lipinski definition) is 5. The van der Waals surface area contributed by atoms with Gasteiger partial charge in [-0.15, -0.1) is 0 Å². The van der Waals surface area contributed by atoms with E-state index in [2.05, 4.69) is 30.2 Å². The van der Waals surface area contributed by atoms with Gasteiger partial charge in [-0.3, -0.25) is 0 Å². The van der Waals surface area contributed by atoms with E-state index in [0.29, 0.717) is 19.6 Å². The summed E-state index contributed by atoms with van der Waals surface area (Å²) in [6, 6.07) is 6.02. The van der Waals surface area contributed by atoms with Crippen molar-refractivity contribution < 1.29 is 22.7 Å². The van der Waals surface area contributed by atoms with E-state index in [4.69, 9.17) is 4.74 Å².